The molecule has 0 aliphatic rings. The number of halogens is 3. The summed E-state index contributed by atoms with van der Waals surface area (Å²) in [5, 5.41) is 20.8. The van der Waals surface area contributed by atoms with Gasteiger partial charge in [0.05, 0.1) is 11.8 Å². The third-order valence-corrected chi connectivity index (χ3v) is 3.61. The molecule has 0 saturated carbocycles. The Kier molecular flexibility index (Phi) is 4.50. The smallest absolute Gasteiger partial charge is 0.188 e. The lowest BCUT2D eigenvalue weighted by atomic mass is 9.98. The summed E-state index contributed by atoms with van der Waals surface area (Å²) in [7, 11) is 0. The number of carbonyl (C=O) groups is 1. The fourth-order valence-electron chi connectivity index (χ4n) is 2.24. The minimum Gasteiger partial charge on any atom is -0.292 e. The van der Waals surface area contributed by atoms with Gasteiger partial charge < -0.3 is 0 Å². The molecule has 6 nitrogen and oxygen atoms in total. The highest BCUT2D eigenvalue weighted by Gasteiger charge is 2.29. The summed E-state index contributed by atoms with van der Waals surface area (Å²) in [6, 6.07) is 10.5. The Labute approximate surface area is 145 Å². The van der Waals surface area contributed by atoms with Crippen LogP contribution in [-0.2, 0) is 0 Å². The van der Waals surface area contributed by atoms with Gasteiger partial charge in [-0.15, -0.1) is 5.10 Å². The molecular weight excluding hydrogens is 352 g/mol. The summed E-state index contributed by atoms with van der Waals surface area (Å²) in [5.74, 6) is -4.16. The topological polar surface area (TPSA) is 84.5 Å². The van der Waals surface area contributed by atoms with E-state index >= 15 is 0 Å². The van der Waals surface area contributed by atoms with Crippen LogP contribution < -0.4 is 0 Å². The fraction of sp³-hybridized carbons (Fsp3) is 0.0625. The number of aromatic nitrogens is 4. The Bertz CT molecular complexity index is 961. The van der Waals surface area contributed by atoms with Crippen molar-refractivity contribution in [3.05, 3.63) is 70.5 Å². The zero-order valence-electron chi connectivity index (χ0n) is 12.4. The zero-order chi connectivity index (χ0) is 18.0. The first kappa shape index (κ1) is 16.7. The van der Waals surface area contributed by atoms with E-state index in [1.165, 1.54) is 4.68 Å². The van der Waals surface area contributed by atoms with E-state index < -0.39 is 23.3 Å². The highest BCUT2D eigenvalue weighted by molar-refractivity contribution is 6.30. The first-order valence-electron chi connectivity index (χ1n) is 6.93. The van der Waals surface area contributed by atoms with Crippen molar-refractivity contribution in [2.24, 2.45) is 0 Å². The van der Waals surface area contributed by atoms with Gasteiger partial charge in [-0.2, -0.15) is 9.94 Å². The van der Waals surface area contributed by atoms with Crippen LogP contribution in [0.4, 0.5) is 8.78 Å². The van der Waals surface area contributed by atoms with Gasteiger partial charge in [0.25, 0.3) is 0 Å². The maximum absolute atomic E-state index is 13.3. The molecule has 9 heteroatoms. The van der Waals surface area contributed by atoms with E-state index in [1.807, 2.05) is 0 Å². The van der Waals surface area contributed by atoms with Crippen LogP contribution in [0.3, 0.4) is 0 Å². The Morgan fingerprint density at radius 2 is 1.80 bits per heavy atom. The standard InChI is InChI=1S/C16H8ClF2N5O/c17-10-1-3-13(4-2-10)24-16(21-22-23-24)14(8-20)15(25)9-5-11(18)7-12(19)6-9/h1-7,14H/t14-/m0/s1. The number of nitriles is 1. The maximum atomic E-state index is 13.3. The van der Waals surface area contributed by atoms with Crippen LogP contribution in [0, 0.1) is 23.0 Å². The van der Waals surface area contributed by atoms with Gasteiger partial charge >= 0.3 is 0 Å². The molecule has 0 aliphatic carbocycles. The van der Waals surface area contributed by atoms with E-state index in [1.54, 1.807) is 30.3 Å². The van der Waals surface area contributed by atoms with Gasteiger partial charge in [-0.25, -0.2) is 8.78 Å². The van der Waals surface area contributed by atoms with Crippen molar-refractivity contribution < 1.29 is 13.6 Å². The molecule has 0 fully saturated rings. The van der Waals surface area contributed by atoms with E-state index in [-0.39, 0.29) is 11.4 Å². The largest absolute Gasteiger partial charge is 0.292 e. The van der Waals surface area contributed by atoms with Crippen molar-refractivity contribution in [2.75, 3.05) is 0 Å². The van der Waals surface area contributed by atoms with Gasteiger partial charge in [0, 0.05) is 16.7 Å². The van der Waals surface area contributed by atoms with E-state index in [4.69, 9.17) is 11.6 Å². The van der Waals surface area contributed by atoms with Crippen molar-refractivity contribution in [3.8, 4) is 11.8 Å². The number of benzene rings is 2. The Morgan fingerprint density at radius 1 is 1.16 bits per heavy atom. The van der Waals surface area contributed by atoms with E-state index in [9.17, 15) is 18.8 Å². The monoisotopic (exact) mass is 359 g/mol. The predicted molar refractivity (Wildman–Crippen MR) is 83.2 cm³/mol. The molecule has 1 aromatic heterocycles. The molecule has 0 radical (unpaired) electrons. The summed E-state index contributed by atoms with van der Waals surface area (Å²) < 4.78 is 27.9. The number of hydrogen-bond acceptors (Lipinski definition) is 5. The van der Waals surface area contributed by atoms with Crippen molar-refractivity contribution >= 4 is 17.4 Å². The molecule has 1 atom stereocenters. The van der Waals surface area contributed by atoms with Crippen molar-refractivity contribution in [2.45, 2.75) is 5.92 Å². The lowest BCUT2D eigenvalue weighted by Gasteiger charge is -2.09. The Hall–Kier alpha value is -3.18. The average molecular weight is 360 g/mol. The molecule has 0 unspecified atom stereocenters. The maximum Gasteiger partial charge on any atom is 0.188 e. The lowest BCUT2D eigenvalue weighted by Crippen LogP contribution is -2.17. The highest BCUT2D eigenvalue weighted by Crippen LogP contribution is 2.22. The van der Waals surface area contributed by atoms with Crippen LogP contribution in [-0.4, -0.2) is 26.0 Å². The summed E-state index contributed by atoms with van der Waals surface area (Å²) in [6.07, 6.45) is 0. The van der Waals surface area contributed by atoms with E-state index in [2.05, 4.69) is 15.5 Å². The number of rotatable bonds is 4. The van der Waals surface area contributed by atoms with Gasteiger partial charge in [-0.3, -0.25) is 4.79 Å². The molecule has 0 spiro atoms. The molecule has 0 N–H and O–H groups in total. The second-order valence-electron chi connectivity index (χ2n) is 5.01. The van der Waals surface area contributed by atoms with Crippen LogP contribution in [0.5, 0.6) is 0 Å². The highest BCUT2D eigenvalue weighted by atomic mass is 35.5. The normalized spacial score (nSPS) is 11.8. The average Bonchev–Trinajstić information content (AvgIpc) is 3.04. The fourth-order valence-corrected chi connectivity index (χ4v) is 2.36. The quantitative estimate of drug-likeness (QED) is 0.668. The molecule has 3 aromatic rings. The molecular formula is C16H8ClF2N5O. The molecule has 3 rings (SSSR count). The minimum absolute atomic E-state index is 0.0699. The molecule has 0 aliphatic heterocycles. The number of Topliss-reactive ketones (excluding diaryl/α,β-unsaturated/α-hetero) is 1. The third-order valence-electron chi connectivity index (χ3n) is 3.36. The van der Waals surface area contributed by atoms with Crippen molar-refractivity contribution in [1.29, 1.82) is 5.26 Å². The van der Waals surface area contributed by atoms with Crippen LogP contribution in [0.15, 0.2) is 42.5 Å². The molecule has 25 heavy (non-hydrogen) atoms. The molecule has 124 valence electrons. The van der Waals surface area contributed by atoms with Crippen LogP contribution >= 0.6 is 11.6 Å². The Morgan fingerprint density at radius 3 is 2.40 bits per heavy atom. The molecule has 0 amide bonds. The number of carbonyl (C=O) groups excluding carboxylic acids is 1. The van der Waals surface area contributed by atoms with Gasteiger partial charge in [0.1, 0.15) is 11.6 Å². The van der Waals surface area contributed by atoms with Crippen molar-refractivity contribution in [3.63, 3.8) is 0 Å². The second-order valence-corrected chi connectivity index (χ2v) is 5.45. The second kappa shape index (κ2) is 6.75. The van der Waals surface area contributed by atoms with E-state index in [0.29, 0.717) is 16.8 Å². The first-order valence-corrected chi connectivity index (χ1v) is 7.31. The molecule has 0 bridgehead atoms. The summed E-state index contributed by atoms with van der Waals surface area (Å²) >= 11 is 5.82. The van der Waals surface area contributed by atoms with Gasteiger partial charge in [-0.05, 0) is 46.8 Å². The number of hydrogen-bond donors (Lipinski definition) is 0. The predicted octanol–water partition coefficient (Wildman–Crippen LogP) is 3.08. The lowest BCUT2D eigenvalue weighted by molar-refractivity contribution is 0.0974. The summed E-state index contributed by atoms with van der Waals surface area (Å²) in [4.78, 5) is 12.5. The summed E-state index contributed by atoms with van der Waals surface area (Å²) in [6.45, 7) is 0. The molecule has 1 heterocycles. The van der Waals surface area contributed by atoms with Gasteiger partial charge in [-0.1, -0.05) is 11.6 Å². The van der Waals surface area contributed by atoms with Crippen LogP contribution in [0.2, 0.25) is 5.02 Å². The molecule has 0 saturated heterocycles. The van der Waals surface area contributed by atoms with Crippen molar-refractivity contribution in [1.82, 2.24) is 20.2 Å². The van der Waals surface area contributed by atoms with Crippen LogP contribution in [0.25, 0.3) is 5.69 Å². The third kappa shape index (κ3) is 3.36. The number of tetrazole rings is 1. The summed E-state index contributed by atoms with van der Waals surface area (Å²) in [5.41, 5.74) is 0.192. The Balaban J connectivity index is 2.02. The zero-order valence-corrected chi connectivity index (χ0v) is 13.2. The minimum atomic E-state index is -1.44. The molecule has 2 aromatic carbocycles. The first-order chi connectivity index (χ1) is 12.0. The van der Waals surface area contributed by atoms with Crippen LogP contribution in [0.1, 0.15) is 22.1 Å². The number of ketones is 1. The van der Waals surface area contributed by atoms with Gasteiger partial charge in [0.15, 0.2) is 17.5 Å². The SMILES string of the molecule is N#C[C@@H](C(=O)c1cc(F)cc(F)c1)c1nnnn1-c1ccc(Cl)cc1. The van der Waals surface area contributed by atoms with Gasteiger partial charge in [0.2, 0.25) is 0 Å². The van der Waals surface area contributed by atoms with E-state index in [0.717, 1.165) is 12.1 Å². The number of nitrogens with zero attached hydrogens (tertiary/aromatic N) is 5.